The fourth-order valence-electron chi connectivity index (χ4n) is 3.37. The monoisotopic (exact) mass is 364 g/mol. The molecule has 0 aromatic heterocycles. The highest BCUT2D eigenvalue weighted by Gasteiger charge is 2.45. The number of imide groups is 2. The van der Waals surface area contributed by atoms with Crippen LogP contribution in [0.15, 0.2) is 66.8 Å². The Balaban J connectivity index is 1.88. The molecule has 1 aromatic carbocycles. The number of hydrogen-bond donors (Lipinski definition) is 0. The summed E-state index contributed by atoms with van der Waals surface area (Å²) < 4.78 is 0. The minimum Gasteiger partial charge on any atom is -0.276 e. The second-order valence-electron chi connectivity index (χ2n) is 6.52. The Morgan fingerprint density at radius 2 is 1.78 bits per heavy atom. The summed E-state index contributed by atoms with van der Waals surface area (Å²) in [4.78, 5) is 52.7. The SMILES string of the molecule is C=C/C=C1\C(=C)CC(=O)N(C2CCC(=O)N(Cc3ccccc3)C2=O)C1=O. The normalized spacial score (nSPS) is 22.6. The van der Waals surface area contributed by atoms with Crippen LogP contribution in [0.4, 0.5) is 0 Å². The van der Waals surface area contributed by atoms with Gasteiger partial charge in [-0.1, -0.05) is 49.6 Å². The first kappa shape index (κ1) is 18.5. The van der Waals surface area contributed by atoms with Crippen LogP contribution in [0.25, 0.3) is 0 Å². The van der Waals surface area contributed by atoms with Crippen molar-refractivity contribution in [2.75, 3.05) is 0 Å². The van der Waals surface area contributed by atoms with Gasteiger partial charge in [0.25, 0.3) is 11.8 Å². The van der Waals surface area contributed by atoms with E-state index in [9.17, 15) is 19.2 Å². The highest BCUT2D eigenvalue weighted by molar-refractivity contribution is 6.15. The van der Waals surface area contributed by atoms with Crippen LogP contribution in [0.3, 0.4) is 0 Å². The molecule has 4 amide bonds. The molecule has 0 saturated carbocycles. The van der Waals surface area contributed by atoms with E-state index in [-0.39, 0.29) is 37.3 Å². The largest absolute Gasteiger partial charge is 0.276 e. The molecule has 1 atom stereocenters. The van der Waals surface area contributed by atoms with Gasteiger partial charge in [-0.25, -0.2) is 0 Å². The molecule has 2 saturated heterocycles. The molecule has 6 heteroatoms. The predicted molar refractivity (Wildman–Crippen MR) is 98.9 cm³/mol. The lowest BCUT2D eigenvalue weighted by Gasteiger charge is -2.38. The van der Waals surface area contributed by atoms with E-state index in [0.717, 1.165) is 15.4 Å². The van der Waals surface area contributed by atoms with Crippen LogP contribution in [0, 0.1) is 0 Å². The first-order chi connectivity index (χ1) is 12.9. The van der Waals surface area contributed by atoms with Crippen LogP contribution in [-0.4, -0.2) is 39.5 Å². The van der Waals surface area contributed by atoms with E-state index in [4.69, 9.17) is 0 Å². The van der Waals surface area contributed by atoms with E-state index in [1.807, 2.05) is 30.3 Å². The van der Waals surface area contributed by atoms with Crippen LogP contribution in [-0.2, 0) is 25.7 Å². The van der Waals surface area contributed by atoms with Crippen LogP contribution in [0.1, 0.15) is 24.8 Å². The zero-order chi connectivity index (χ0) is 19.6. The molecule has 0 N–H and O–H groups in total. The fraction of sp³-hybridized carbons (Fsp3) is 0.238. The molecule has 0 bridgehead atoms. The second kappa shape index (κ2) is 7.53. The Morgan fingerprint density at radius 1 is 1.07 bits per heavy atom. The molecule has 0 radical (unpaired) electrons. The Kier molecular flexibility index (Phi) is 5.16. The summed E-state index contributed by atoms with van der Waals surface area (Å²) in [5, 5.41) is 0. The third kappa shape index (κ3) is 3.51. The number of benzene rings is 1. The topological polar surface area (TPSA) is 74.8 Å². The lowest BCUT2D eigenvalue weighted by Crippen LogP contribution is -2.58. The smallest absolute Gasteiger partial charge is 0.261 e. The minimum atomic E-state index is -0.979. The van der Waals surface area contributed by atoms with Crippen LogP contribution in [0.2, 0.25) is 0 Å². The summed E-state index contributed by atoms with van der Waals surface area (Å²) in [6.07, 6.45) is 3.13. The molecule has 138 valence electrons. The molecule has 2 aliphatic rings. The van der Waals surface area contributed by atoms with Crippen LogP contribution >= 0.6 is 0 Å². The number of hydrogen-bond acceptors (Lipinski definition) is 4. The van der Waals surface area contributed by atoms with E-state index < -0.39 is 23.8 Å². The third-order valence-electron chi connectivity index (χ3n) is 4.73. The molecule has 2 aliphatic heterocycles. The summed E-state index contributed by atoms with van der Waals surface area (Å²) in [7, 11) is 0. The average molecular weight is 364 g/mol. The molecule has 3 rings (SSSR count). The molecular weight excluding hydrogens is 344 g/mol. The Bertz CT molecular complexity index is 869. The third-order valence-corrected chi connectivity index (χ3v) is 4.73. The number of amides is 4. The zero-order valence-corrected chi connectivity index (χ0v) is 14.9. The van der Waals surface area contributed by atoms with Crippen molar-refractivity contribution in [3.05, 3.63) is 72.4 Å². The predicted octanol–water partition coefficient (Wildman–Crippen LogP) is 2.13. The van der Waals surface area contributed by atoms with Gasteiger partial charge in [-0.05, 0) is 23.6 Å². The first-order valence-electron chi connectivity index (χ1n) is 8.69. The minimum absolute atomic E-state index is 0.0399. The maximum atomic E-state index is 13.0. The summed E-state index contributed by atoms with van der Waals surface area (Å²) in [6, 6.07) is 8.14. The van der Waals surface area contributed by atoms with Gasteiger partial charge < -0.3 is 0 Å². The Labute approximate surface area is 157 Å². The van der Waals surface area contributed by atoms with Gasteiger partial charge >= 0.3 is 0 Å². The van der Waals surface area contributed by atoms with Gasteiger partial charge in [-0.3, -0.25) is 29.0 Å². The van der Waals surface area contributed by atoms with Crippen molar-refractivity contribution in [2.24, 2.45) is 0 Å². The standard InChI is InChI=1S/C21H20N2O4/c1-3-7-16-14(2)12-19(25)23(20(16)26)17-10-11-18(24)22(21(17)27)13-15-8-5-4-6-9-15/h3-9,17H,1-2,10-13H2/b16-7+. The van der Waals surface area contributed by atoms with Crippen LogP contribution < -0.4 is 0 Å². The van der Waals surface area contributed by atoms with Crippen molar-refractivity contribution in [3.8, 4) is 0 Å². The maximum absolute atomic E-state index is 13.0. The van der Waals surface area contributed by atoms with Crippen molar-refractivity contribution in [1.29, 1.82) is 0 Å². The molecule has 0 spiro atoms. The molecule has 6 nitrogen and oxygen atoms in total. The molecule has 27 heavy (non-hydrogen) atoms. The quantitative estimate of drug-likeness (QED) is 0.606. The summed E-state index contributed by atoms with van der Waals surface area (Å²) in [6.45, 7) is 7.45. The van der Waals surface area contributed by atoms with Gasteiger partial charge in [0.05, 0.1) is 13.0 Å². The van der Waals surface area contributed by atoms with Crippen molar-refractivity contribution < 1.29 is 19.2 Å². The number of likely N-dealkylation sites (tertiary alicyclic amines) is 2. The van der Waals surface area contributed by atoms with Crippen molar-refractivity contribution in [3.63, 3.8) is 0 Å². The number of carbonyl (C=O) groups is 4. The maximum Gasteiger partial charge on any atom is 0.261 e. The summed E-state index contributed by atoms with van der Waals surface area (Å²) in [5.41, 5.74) is 1.47. The summed E-state index contributed by atoms with van der Waals surface area (Å²) >= 11 is 0. The van der Waals surface area contributed by atoms with E-state index in [1.165, 1.54) is 12.2 Å². The first-order valence-corrected chi connectivity index (χ1v) is 8.69. The van der Waals surface area contributed by atoms with Gasteiger partial charge in [-0.2, -0.15) is 0 Å². The average Bonchev–Trinajstić information content (AvgIpc) is 2.64. The van der Waals surface area contributed by atoms with Crippen molar-refractivity contribution in [1.82, 2.24) is 9.80 Å². The van der Waals surface area contributed by atoms with Gasteiger partial charge in [0, 0.05) is 12.0 Å². The molecule has 1 unspecified atom stereocenters. The lowest BCUT2D eigenvalue weighted by molar-refractivity contribution is -0.162. The highest BCUT2D eigenvalue weighted by atomic mass is 16.2. The van der Waals surface area contributed by atoms with E-state index in [2.05, 4.69) is 13.2 Å². The fourth-order valence-corrected chi connectivity index (χ4v) is 3.37. The number of rotatable bonds is 4. The van der Waals surface area contributed by atoms with Crippen molar-refractivity contribution in [2.45, 2.75) is 31.8 Å². The molecule has 0 aliphatic carbocycles. The van der Waals surface area contributed by atoms with E-state index in [1.54, 1.807) is 0 Å². The molecular formula is C21H20N2O4. The zero-order valence-electron chi connectivity index (χ0n) is 14.9. The van der Waals surface area contributed by atoms with Gasteiger partial charge in [0.1, 0.15) is 6.04 Å². The van der Waals surface area contributed by atoms with Gasteiger partial charge in [0.2, 0.25) is 11.8 Å². The van der Waals surface area contributed by atoms with Gasteiger partial charge in [-0.15, -0.1) is 0 Å². The molecule has 1 aromatic rings. The summed E-state index contributed by atoms with van der Waals surface area (Å²) in [5.74, 6) is -1.87. The van der Waals surface area contributed by atoms with Crippen molar-refractivity contribution >= 4 is 23.6 Å². The molecule has 2 fully saturated rings. The molecule has 2 heterocycles. The highest BCUT2D eigenvalue weighted by Crippen LogP contribution is 2.29. The lowest BCUT2D eigenvalue weighted by atomic mass is 9.93. The second-order valence-corrected chi connectivity index (χ2v) is 6.52. The van der Waals surface area contributed by atoms with Gasteiger partial charge in [0.15, 0.2) is 0 Å². The Hall–Kier alpha value is -3.28. The van der Waals surface area contributed by atoms with E-state index >= 15 is 0 Å². The van der Waals surface area contributed by atoms with E-state index in [0.29, 0.717) is 5.57 Å². The number of piperidine rings is 2. The number of carbonyl (C=O) groups excluding carboxylic acids is 4. The Morgan fingerprint density at radius 3 is 2.44 bits per heavy atom. The number of nitrogens with zero attached hydrogens (tertiary/aromatic N) is 2. The number of allylic oxidation sites excluding steroid dienone is 2. The van der Waals surface area contributed by atoms with Crippen LogP contribution in [0.5, 0.6) is 0 Å².